The van der Waals surface area contributed by atoms with Crippen LogP contribution in [0.1, 0.15) is 97.3 Å². The molecule has 0 aromatic rings. The fourth-order valence-corrected chi connectivity index (χ4v) is 2.92. The quantitative estimate of drug-likeness (QED) is 0.254. The van der Waals surface area contributed by atoms with Crippen molar-refractivity contribution in [2.24, 2.45) is 22.4 Å². The third kappa shape index (κ3) is 15.5. The van der Waals surface area contributed by atoms with Gasteiger partial charge >= 0.3 is 0 Å². The Bertz CT molecular complexity index is 235. The third-order valence-electron chi connectivity index (χ3n) is 4.25. The van der Waals surface area contributed by atoms with Crippen molar-refractivity contribution in [3.8, 4) is 0 Å². The van der Waals surface area contributed by atoms with Gasteiger partial charge in [-0.3, -0.25) is 4.99 Å². The first-order valence-corrected chi connectivity index (χ1v) is 9.26. The average Bonchev–Trinajstić information content (AvgIpc) is 2.46. The first-order chi connectivity index (χ1) is 10.2. The Kier molecular flexibility index (Phi) is 15.1. The number of nitrogens with zero attached hydrogens (tertiary/aromatic N) is 1. The lowest BCUT2D eigenvalue weighted by Gasteiger charge is -2.16. The highest BCUT2D eigenvalue weighted by Crippen LogP contribution is 2.23. The van der Waals surface area contributed by atoms with Gasteiger partial charge in [0.2, 0.25) is 0 Å². The molecule has 0 aliphatic heterocycles. The van der Waals surface area contributed by atoms with Gasteiger partial charge in [0.1, 0.15) is 0 Å². The first-order valence-electron chi connectivity index (χ1n) is 9.26. The largest absolute Gasteiger partial charge is 0.370 e. The zero-order valence-electron chi connectivity index (χ0n) is 14.6. The van der Waals surface area contributed by atoms with E-state index in [1.165, 1.54) is 77.0 Å². The molecule has 0 aromatic carbocycles. The summed E-state index contributed by atoms with van der Waals surface area (Å²) in [5.41, 5.74) is 10.8. The number of hydrogen-bond donors (Lipinski definition) is 2. The van der Waals surface area contributed by atoms with E-state index < -0.39 is 0 Å². The van der Waals surface area contributed by atoms with Crippen molar-refractivity contribution in [2.45, 2.75) is 97.3 Å². The molecule has 0 unspecified atom stereocenters. The van der Waals surface area contributed by atoms with Crippen LogP contribution in [0, 0.1) is 5.92 Å². The lowest BCUT2D eigenvalue weighted by molar-refractivity contribution is 0.375. The lowest BCUT2D eigenvalue weighted by atomic mass is 9.90. The molecule has 126 valence electrons. The van der Waals surface area contributed by atoms with Crippen LogP contribution in [-0.4, -0.2) is 12.5 Å². The average molecular weight is 298 g/mol. The van der Waals surface area contributed by atoms with E-state index in [1.807, 2.05) is 0 Å². The maximum Gasteiger partial charge on any atom is 0.185 e. The van der Waals surface area contributed by atoms with E-state index in [-0.39, 0.29) is 5.96 Å². The molecule has 0 aliphatic rings. The molecule has 3 heteroatoms. The van der Waals surface area contributed by atoms with Crippen LogP contribution >= 0.6 is 0 Å². The van der Waals surface area contributed by atoms with Crippen molar-refractivity contribution >= 4 is 5.96 Å². The molecule has 0 spiro atoms. The second-order valence-electron chi connectivity index (χ2n) is 6.37. The second-order valence-corrected chi connectivity index (χ2v) is 6.37. The minimum atomic E-state index is 0.231. The normalized spacial score (nSPS) is 12.3. The van der Waals surface area contributed by atoms with E-state index in [9.17, 15) is 0 Å². The molecule has 0 aliphatic carbocycles. The molecular formula is C18H39N3. The Morgan fingerprint density at radius 3 is 1.71 bits per heavy atom. The summed E-state index contributed by atoms with van der Waals surface area (Å²) in [5, 5.41) is 0. The lowest BCUT2D eigenvalue weighted by Crippen LogP contribution is -2.23. The van der Waals surface area contributed by atoms with E-state index in [2.05, 4.69) is 18.8 Å². The number of rotatable bonds is 15. The first kappa shape index (κ1) is 20.3. The van der Waals surface area contributed by atoms with E-state index >= 15 is 0 Å². The molecular weight excluding hydrogens is 258 g/mol. The molecule has 0 saturated carbocycles. The number of nitrogens with two attached hydrogens (primary N) is 2. The van der Waals surface area contributed by atoms with Crippen LogP contribution in [0.15, 0.2) is 4.99 Å². The van der Waals surface area contributed by atoms with Gasteiger partial charge < -0.3 is 11.5 Å². The number of guanidine groups is 1. The Morgan fingerprint density at radius 1 is 0.714 bits per heavy atom. The van der Waals surface area contributed by atoms with Gasteiger partial charge in [-0.15, -0.1) is 0 Å². The summed E-state index contributed by atoms with van der Waals surface area (Å²) in [6.07, 6.45) is 17.7. The van der Waals surface area contributed by atoms with Gasteiger partial charge in [-0.25, -0.2) is 0 Å². The van der Waals surface area contributed by atoms with Crippen LogP contribution in [-0.2, 0) is 0 Å². The van der Waals surface area contributed by atoms with E-state index in [0.29, 0.717) is 0 Å². The van der Waals surface area contributed by atoms with Gasteiger partial charge in [0.05, 0.1) is 0 Å². The highest BCUT2D eigenvalue weighted by atomic mass is 15.0. The zero-order chi connectivity index (χ0) is 15.8. The summed E-state index contributed by atoms with van der Waals surface area (Å²) >= 11 is 0. The zero-order valence-corrected chi connectivity index (χ0v) is 14.6. The number of hydrogen-bond acceptors (Lipinski definition) is 1. The van der Waals surface area contributed by atoms with Gasteiger partial charge in [0, 0.05) is 6.54 Å². The minimum Gasteiger partial charge on any atom is -0.370 e. The summed E-state index contributed by atoms with van der Waals surface area (Å²) in [6, 6.07) is 0. The van der Waals surface area contributed by atoms with Gasteiger partial charge in [0.25, 0.3) is 0 Å². The molecule has 0 aromatic heterocycles. The van der Waals surface area contributed by atoms with Crippen LogP contribution in [0.25, 0.3) is 0 Å². The van der Waals surface area contributed by atoms with Crippen LogP contribution in [0.5, 0.6) is 0 Å². The standard InChI is InChI=1S/C18H39N3/c1-3-5-7-9-11-14-17(13-10-8-6-4-2)15-12-16-21-18(19)20/h17H,3-16H2,1-2H3,(H4,19,20,21)/t17-/m1/s1. The molecule has 0 radical (unpaired) electrons. The van der Waals surface area contributed by atoms with Crippen LogP contribution in [0.4, 0.5) is 0 Å². The molecule has 3 nitrogen and oxygen atoms in total. The fraction of sp³-hybridized carbons (Fsp3) is 0.944. The van der Waals surface area contributed by atoms with Crippen LogP contribution < -0.4 is 11.5 Å². The van der Waals surface area contributed by atoms with Crippen molar-refractivity contribution in [1.29, 1.82) is 0 Å². The van der Waals surface area contributed by atoms with Gasteiger partial charge in [-0.05, 0) is 18.8 Å². The minimum absolute atomic E-state index is 0.231. The summed E-state index contributed by atoms with van der Waals surface area (Å²) in [4.78, 5) is 4.10. The van der Waals surface area contributed by atoms with Gasteiger partial charge in [-0.1, -0.05) is 84.5 Å². The molecule has 21 heavy (non-hydrogen) atoms. The summed E-state index contributed by atoms with van der Waals surface area (Å²) < 4.78 is 0. The molecule has 0 rings (SSSR count). The van der Waals surface area contributed by atoms with E-state index in [1.54, 1.807) is 0 Å². The molecule has 0 bridgehead atoms. The predicted molar refractivity (Wildman–Crippen MR) is 95.5 cm³/mol. The third-order valence-corrected chi connectivity index (χ3v) is 4.25. The topological polar surface area (TPSA) is 64.4 Å². The maximum atomic E-state index is 5.38. The molecule has 0 fully saturated rings. The predicted octanol–water partition coefficient (Wildman–Crippen LogP) is 4.99. The van der Waals surface area contributed by atoms with Crippen molar-refractivity contribution in [3.63, 3.8) is 0 Å². The Hall–Kier alpha value is -0.730. The van der Waals surface area contributed by atoms with E-state index in [0.717, 1.165) is 18.9 Å². The molecule has 0 heterocycles. The fourth-order valence-electron chi connectivity index (χ4n) is 2.92. The second kappa shape index (κ2) is 15.7. The Labute approximate surface area is 133 Å². The number of unbranched alkanes of at least 4 members (excludes halogenated alkanes) is 7. The van der Waals surface area contributed by atoms with Crippen molar-refractivity contribution in [3.05, 3.63) is 0 Å². The molecule has 0 saturated heterocycles. The van der Waals surface area contributed by atoms with E-state index in [4.69, 9.17) is 11.5 Å². The van der Waals surface area contributed by atoms with Crippen molar-refractivity contribution in [2.75, 3.05) is 6.54 Å². The monoisotopic (exact) mass is 297 g/mol. The Morgan fingerprint density at radius 2 is 1.19 bits per heavy atom. The van der Waals surface area contributed by atoms with Crippen LogP contribution in [0.3, 0.4) is 0 Å². The molecule has 4 N–H and O–H groups in total. The summed E-state index contributed by atoms with van der Waals surface area (Å²) in [7, 11) is 0. The summed E-state index contributed by atoms with van der Waals surface area (Å²) in [6.45, 7) is 5.35. The maximum absolute atomic E-state index is 5.38. The van der Waals surface area contributed by atoms with Crippen LogP contribution in [0.2, 0.25) is 0 Å². The SMILES string of the molecule is CCCCCCC[C@@H](CCCCCC)CCCN=C(N)N. The van der Waals surface area contributed by atoms with Gasteiger partial charge in [0.15, 0.2) is 5.96 Å². The smallest absolute Gasteiger partial charge is 0.185 e. The van der Waals surface area contributed by atoms with Gasteiger partial charge in [-0.2, -0.15) is 0 Å². The number of aliphatic imine (C=N–C) groups is 1. The molecule has 0 amide bonds. The Balaban J connectivity index is 3.82. The highest BCUT2D eigenvalue weighted by Gasteiger charge is 2.08. The van der Waals surface area contributed by atoms with Crippen molar-refractivity contribution < 1.29 is 0 Å². The summed E-state index contributed by atoms with van der Waals surface area (Å²) in [5.74, 6) is 1.12. The van der Waals surface area contributed by atoms with Crippen molar-refractivity contribution in [1.82, 2.24) is 0 Å². The molecule has 1 atom stereocenters. The highest BCUT2D eigenvalue weighted by molar-refractivity contribution is 5.75.